The van der Waals surface area contributed by atoms with Crippen LogP contribution in [0.25, 0.3) is 10.1 Å². The Labute approximate surface area is 133 Å². The topological polar surface area (TPSA) is 20.2 Å². The van der Waals surface area contributed by atoms with Crippen molar-refractivity contribution in [3.05, 3.63) is 69.0 Å². The van der Waals surface area contributed by atoms with E-state index in [0.29, 0.717) is 16.5 Å². The number of rotatable bonds is 3. The van der Waals surface area contributed by atoms with Gasteiger partial charge < -0.3 is 5.11 Å². The molecule has 1 aromatic heterocycles. The van der Waals surface area contributed by atoms with Crippen molar-refractivity contribution >= 4 is 37.4 Å². The Hall–Kier alpha value is -1.30. The Balaban J connectivity index is 1.89. The highest BCUT2D eigenvalue weighted by atomic mass is 79.9. The molecular weight excluding hydrogens is 358 g/mol. The molecule has 1 heterocycles. The van der Waals surface area contributed by atoms with E-state index in [1.54, 1.807) is 24.3 Å². The summed E-state index contributed by atoms with van der Waals surface area (Å²) in [6, 6.07) is 11.1. The monoisotopic (exact) mass is 368 g/mol. The van der Waals surface area contributed by atoms with E-state index in [4.69, 9.17) is 0 Å². The molecule has 5 heteroatoms. The third-order valence-corrected chi connectivity index (χ3v) is 5.38. The highest BCUT2D eigenvalue weighted by Crippen LogP contribution is 2.33. The molecule has 0 aliphatic heterocycles. The molecule has 1 N–H and O–H groups in total. The number of aliphatic hydroxyl groups is 1. The van der Waals surface area contributed by atoms with Crippen molar-refractivity contribution in [3.8, 4) is 0 Å². The second-order valence-corrected chi connectivity index (χ2v) is 6.67. The van der Waals surface area contributed by atoms with Crippen molar-refractivity contribution in [2.45, 2.75) is 12.5 Å². The van der Waals surface area contributed by atoms with E-state index in [1.165, 1.54) is 29.5 Å². The minimum Gasteiger partial charge on any atom is -0.387 e. The Morgan fingerprint density at radius 1 is 1.14 bits per heavy atom. The average Bonchev–Trinajstić information content (AvgIpc) is 2.87. The molecule has 3 aromatic rings. The van der Waals surface area contributed by atoms with Gasteiger partial charge in [0.25, 0.3) is 0 Å². The fraction of sp³-hybridized carbons (Fsp3) is 0.125. The van der Waals surface area contributed by atoms with Gasteiger partial charge in [-0.1, -0.05) is 12.1 Å². The maximum Gasteiger partial charge on any atom is 0.137 e. The van der Waals surface area contributed by atoms with Crippen LogP contribution in [-0.4, -0.2) is 5.11 Å². The number of hydrogen-bond donors (Lipinski definition) is 1. The fourth-order valence-electron chi connectivity index (χ4n) is 2.21. The first-order chi connectivity index (χ1) is 10.0. The van der Waals surface area contributed by atoms with Gasteiger partial charge in [0, 0.05) is 16.0 Å². The van der Waals surface area contributed by atoms with Gasteiger partial charge in [0.2, 0.25) is 0 Å². The lowest BCUT2D eigenvalue weighted by molar-refractivity contribution is 0.182. The molecular formula is C16H11BrF2OS. The third kappa shape index (κ3) is 3.00. The molecule has 0 radical (unpaired) electrons. The number of benzene rings is 2. The zero-order valence-electron chi connectivity index (χ0n) is 10.8. The second kappa shape index (κ2) is 5.83. The molecule has 2 aromatic carbocycles. The van der Waals surface area contributed by atoms with Gasteiger partial charge in [0.1, 0.15) is 11.6 Å². The van der Waals surface area contributed by atoms with Crippen LogP contribution in [0, 0.1) is 11.6 Å². The van der Waals surface area contributed by atoms with Crippen molar-refractivity contribution in [2.75, 3.05) is 0 Å². The highest BCUT2D eigenvalue weighted by Gasteiger charge is 2.15. The second-order valence-electron chi connectivity index (χ2n) is 4.76. The Morgan fingerprint density at radius 2 is 1.95 bits per heavy atom. The standard InChI is InChI=1S/C16H11BrF2OS/c17-16-9(2-1-3-12(16)19)7-13(20)15-8-10-6-11(18)4-5-14(10)21-15/h1-6,8,13,20H,7H2. The maximum absolute atomic E-state index is 13.5. The van der Waals surface area contributed by atoms with Crippen LogP contribution < -0.4 is 0 Å². The van der Waals surface area contributed by atoms with Crippen LogP contribution in [0.15, 0.2) is 46.9 Å². The lowest BCUT2D eigenvalue weighted by Crippen LogP contribution is -2.01. The van der Waals surface area contributed by atoms with Gasteiger partial charge in [0.05, 0.1) is 10.6 Å². The average molecular weight is 369 g/mol. The van der Waals surface area contributed by atoms with Crippen molar-refractivity contribution in [3.63, 3.8) is 0 Å². The molecule has 0 spiro atoms. The molecule has 1 unspecified atom stereocenters. The molecule has 21 heavy (non-hydrogen) atoms. The maximum atomic E-state index is 13.5. The molecule has 0 aliphatic carbocycles. The normalized spacial score (nSPS) is 12.8. The van der Waals surface area contributed by atoms with Crippen LogP contribution in [0.3, 0.4) is 0 Å². The van der Waals surface area contributed by atoms with Gasteiger partial charge in [-0.05, 0) is 57.2 Å². The predicted molar refractivity (Wildman–Crippen MR) is 84.5 cm³/mol. The van der Waals surface area contributed by atoms with E-state index < -0.39 is 6.10 Å². The number of hydrogen-bond acceptors (Lipinski definition) is 2. The largest absolute Gasteiger partial charge is 0.387 e. The SMILES string of the molecule is OC(Cc1cccc(F)c1Br)c1cc2cc(F)ccc2s1. The van der Waals surface area contributed by atoms with Gasteiger partial charge in [-0.25, -0.2) is 8.78 Å². The molecule has 0 aliphatic rings. The summed E-state index contributed by atoms with van der Waals surface area (Å²) < 4.78 is 28.0. The minimum atomic E-state index is -0.747. The molecule has 0 amide bonds. The zero-order chi connectivity index (χ0) is 15.0. The Morgan fingerprint density at radius 3 is 2.76 bits per heavy atom. The smallest absolute Gasteiger partial charge is 0.137 e. The lowest BCUT2D eigenvalue weighted by Gasteiger charge is -2.10. The third-order valence-electron chi connectivity index (χ3n) is 3.27. The van der Waals surface area contributed by atoms with Crippen molar-refractivity contribution < 1.29 is 13.9 Å². The lowest BCUT2D eigenvalue weighted by atomic mass is 10.1. The predicted octanol–water partition coefficient (Wildman–Crippen LogP) is 5.22. The summed E-state index contributed by atoms with van der Waals surface area (Å²) in [7, 11) is 0. The molecule has 0 fully saturated rings. The molecule has 1 nitrogen and oxygen atoms in total. The molecule has 1 atom stereocenters. The Bertz CT molecular complexity index is 800. The molecule has 0 saturated heterocycles. The first kappa shape index (κ1) is 14.6. The van der Waals surface area contributed by atoms with Gasteiger partial charge in [-0.15, -0.1) is 11.3 Å². The van der Waals surface area contributed by atoms with E-state index in [-0.39, 0.29) is 11.6 Å². The number of fused-ring (bicyclic) bond motifs is 1. The van der Waals surface area contributed by atoms with E-state index in [1.807, 2.05) is 0 Å². The van der Waals surface area contributed by atoms with E-state index in [0.717, 1.165) is 15.0 Å². The summed E-state index contributed by atoms with van der Waals surface area (Å²) in [5.41, 5.74) is 0.700. The van der Waals surface area contributed by atoms with Gasteiger partial charge in [0.15, 0.2) is 0 Å². The molecule has 108 valence electrons. The zero-order valence-corrected chi connectivity index (χ0v) is 13.2. The number of halogens is 3. The fourth-order valence-corrected chi connectivity index (χ4v) is 3.67. The first-order valence-corrected chi connectivity index (χ1v) is 7.95. The van der Waals surface area contributed by atoms with Crippen molar-refractivity contribution in [2.24, 2.45) is 0 Å². The summed E-state index contributed by atoms with van der Waals surface area (Å²) in [6.45, 7) is 0. The van der Waals surface area contributed by atoms with Gasteiger partial charge >= 0.3 is 0 Å². The van der Waals surface area contributed by atoms with Crippen molar-refractivity contribution in [1.29, 1.82) is 0 Å². The van der Waals surface area contributed by atoms with E-state index in [2.05, 4.69) is 15.9 Å². The van der Waals surface area contributed by atoms with Crippen LogP contribution in [0.2, 0.25) is 0 Å². The minimum absolute atomic E-state index is 0.297. The van der Waals surface area contributed by atoms with Crippen LogP contribution in [0.4, 0.5) is 8.78 Å². The number of aliphatic hydroxyl groups excluding tert-OH is 1. The van der Waals surface area contributed by atoms with Gasteiger partial charge in [-0.3, -0.25) is 0 Å². The quantitative estimate of drug-likeness (QED) is 0.671. The van der Waals surface area contributed by atoms with Crippen LogP contribution in [-0.2, 0) is 6.42 Å². The van der Waals surface area contributed by atoms with E-state index in [9.17, 15) is 13.9 Å². The van der Waals surface area contributed by atoms with Gasteiger partial charge in [-0.2, -0.15) is 0 Å². The van der Waals surface area contributed by atoms with E-state index >= 15 is 0 Å². The van der Waals surface area contributed by atoms with Crippen LogP contribution >= 0.6 is 27.3 Å². The van der Waals surface area contributed by atoms with Crippen LogP contribution in [0.1, 0.15) is 16.5 Å². The summed E-state index contributed by atoms with van der Waals surface area (Å²) in [5, 5.41) is 11.1. The van der Waals surface area contributed by atoms with Crippen LogP contribution in [0.5, 0.6) is 0 Å². The van der Waals surface area contributed by atoms with Crippen molar-refractivity contribution in [1.82, 2.24) is 0 Å². The summed E-state index contributed by atoms with van der Waals surface area (Å²) in [4.78, 5) is 0.742. The molecule has 0 saturated carbocycles. The Kier molecular flexibility index (Phi) is 4.06. The first-order valence-electron chi connectivity index (χ1n) is 6.34. The number of thiophene rings is 1. The summed E-state index contributed by atoms with van der Waals surface area (Å²) in [5.74, 6) is -0.646. The summed E-state index contributed by atoms with van der Waals surface area (Å²) in [6.07, 6.45) is -0.447. The highest BCUT2D eigenvalue weighted by molar-refractivity contribution is 9.10. The summed E-state index contributed by atoms with van der Waals surface area (Å²) >= 11 is 4.61. The molecule has 3 rings (SSSR count). The molecule has 0 bridgehead atoms.